The molecule has 0 radical (unpaired) electrons. The van der Waals surface area contributed by atoms with Gasteiger partial charge in [0.25, 0.3) is 17.4 Å². The minimum atomic E-state index is -2.05. The third kappa shape index (κ3) is 2.77. The van der Waals surface area contributed by atoms with Crippen LogP contribution < -0.4 is 0 Å². The van der Waals surface area contributed by atoms with Crippen LogP contribution in [0.5, 0.6) is 0 Å². The Kier molecular flexibility index (Phi) is 3.73. The van der Waals surface area contributed by atoms with Gasteiger partial charge in [-0.05, 0) is 6.92 Å². The quantitative estimate of drug-likeness (QED) is 0.246. The van der Waals surface area contributed by atoms with Crippen LogP contribution in [0.2, 0.25) is 0 Å². The number of hydrogen-bond acceptors (Lipinski definition) is 8. The Morgan fingerprint density at radius 1 is 0.947 bits per heavy atom. The van der Waals surface area contributed by atoms with Crippen molar-refractivity contribution in [2.75, 3.05) is 0 Å². The van der Waals surface area contributed by atoms with Gasteiger partial charge in [0.1, 0.15) is 0 Å². The van der Waals surface area contributed by atoms with Crippen LogP contribution in [0.4, 0.5) is 0 Å². The summed E-state index contributed by atoms with van der Waals surface area (Å²) >= 11 is 0. The van der Waals surface area contributed by atoms with Crippen LogP contribution in [-0.4, -0.2) is 45.8 Å². The van der Waals surface area contributed by atoms with Crippen LogP contribution in [0.15, 0.2) is 0 Å². The third-order valence-electron chi connectivity index (χ3n) is 2.38. The van der Waals surface area contributed by atoms with Crippen LogP contribution in [-0.2, 0) is 38.5 Å². The second kappa shape index (κ2) is 4.78. The Morgan fingerprint density at radius 2 is 1.37 bits per heavy atom. The average Bonchev–Trinajstić information content (AvgIpc) is 3.12. The maximum atomic E-state index is 11.5. The summed E-state index contributed by atoms with van der Waals surface area (Å²) in [5.41, 5.74) is 0. The minimum absolute atomic E-state index is 0.855. The normalized spacial score (nSPS) is 17.2. The summed E-state index contributed by atoms with van der Waals surface area (Å²) in [5, 5.41) is 8.30. The van der Waals surface area contributed by atoms with Gasteiger partial charge in [0.05, 0.1) is 5.92 Å². The van der Waals surface area contributed by atoms with E-state index in [0.29, 0.717) is 0 Å². The lowest BCUT2D eigenvalue weighted by Crippen LogP contribution is -2.41. The highest BCUT2D eigenvalue weighted by molar-refractivity contribution is 6.71. The zero-order valence-electron chi connectivity index (χ0n) is 9.79. The number of ketones is 5. The highest BCUT2D eigenvalue weighted by atomic mass is 17.4. The molecule has 1 saturated heterocycles. The lowest BCUT2D eigenvalue weighted by molar-refractivity contribution is -0.155. The fourth-order valence-electron chi connectivity index (χ4n) is 1.07. The highest BCUT2D eigenvalue weighted by Crippen LogP contribution is 2.30. The highest BCUT2D eigenvalue weighted by Gasteiger charge is 2.56. The molecule has 0 spiro atoms. The molecule has 0 amide bonds. The van der Waals surface area contributed by atoms with Crippen LogP contribution in [0.3, 0.4) is 0 Å². The van der Waals surface area contributed by atoms with E-state index in [1.165, 1.54) is 0 Å². The SMILES string of the molecule is CC(C(=O)C(=O)C(=O)O)C(=O)C(=O)C(=O)C1(C)OO1. The Labute approximate surface area is 105 Å². The molecule has 0 aromatic heterocycles. The molecule has 0 aliphatic carbocycles. The van der Waals surface area contributed by atoms with Crippen LogP contribution in [0.1, 0.15) is 13.8 Å². The van der Waals surface area contributed by atoms with Crippen molar-refractivity contribution in [3.05, 3.63) is 0 Å². The van der Waals surface area contributed by atoms with Gasteiger partial charge in [-0.1, -0.05) is 0 Å². The van der Waals surface area contributed by atoms with Crippen molar-refractivity contribution in [3.8, 4) is 0 Å². The molecule has 0 bridgehead atoms. The number of rotatable bonds is 7. The van der Waals surface area contributed by atoms with Gasteiger partial charge in [0.2, 0.25) is 11.6 Å². The summed E-state index contributed by atoms with van der Waals surface area (Å²) in [5.74, 6) is -13.6. The number of carboxylic acid groups (broad SMARTS) is 1. The Morgan fingerprint density at radius 3 is 1.74 bits per heavy atom. The molecule has 9 heteroatoms. The summed E-state index contributed by atoms with van der Waals surface area (Å²) < 4.78 is 0. The maximum Gasteiger partial charge on any atom is 0.380 e. The van der Waals surface area contributed by atoms with Crippen molar-refractivity contribution >= 4 is 34.9 Å². The Balaban J connectivity index is 2.80. The molecule has 0 saturated carbocycles. The van der Waals surface area contributed by atoms with E-state index in [0.717, 1.165) is 13.8 Å². The van der Waals surface area contributed by atoms with Gasteiger partial charge in [-0.3, -0.25) is 24.0 Å². The van der Waals surface area contributed by atoms with Gasteiger partial charge in [-0.2, -0.15) is 9.78 Å². The molecule has 102 valence electrons. The number of carbonyl (C=O) groups excluding carboxylic acids is 5. The molecule has 9 nitrogen and oxygen atoms in total. The van der Waals surface area contributed by atoms with Crippen molar-refractivity contribution in [3.63, 3.8) is 0 Å². The smallest absolute Gasteiger partial charge is 0.380 e. The zero-order chi connectivity index (χ0) is 15.0. The first kappa shape index (κ1) is 14.8. The molecule has 1 aliphatic rings. The fraction of sp³-hybridized carbons (Fsp3) is 0.400. The standard InChI is InChI=1S/C10H8O9/c1-3(5(12)7(14)9(16)17)4(11)6(13)8(15)10(2)18-19-10/h3H,1-2H3,(H,16,17). The van der Waals surface area contributed by atoms with E-state index in [1.807, 2.05) is 0 Å². The van der Waals surface area contributed by atoms with Gasteiger partial charge in [-0.15, -0.1) is 0 Å². The van der Waals surface area contributed by atoms with E-state index < -0.39 is 46.6 Å². The largest absolute Gasteiger partial charge is 0.475 e. The summed E-state index contributed by atoms with van der Waals surface area (Å²) in [4.78, 5) is 75.0. The predicted octanol–water partition coefficient (Wildman–Crippen LogP) is -1.77. The Bertz CT molecular complexity index is 511. The monoisotopic (exact) mass is 272 g/mol. The molecule has 1 fully saturated rings. The molecule has 1 aliphatic heterocycles. The van der Waals surface area contributed by atoms with E-state index in [9.17, 15) is 28.8 Å². The van der Waals surface area contributed by atoms with Crippen LogP contribution in [0, 0.1) is 5.92 Å². The van der Waals surface area contributed by atoms with Crippen molar-refractivity contribution in [2.45, 2.75) is 19.6 Å². The zero-order valence-corrected chi connectivity index (χ0v) is 9.79. The number of carbonyl (C=O) groups is 6. The number of aliphatic carboxylic acids is 1. The first-order valence-electron chi connectivity index (χ1n) is 4.93. The van der Waals surface area contributed by atoms with E-state index in [2.05, 4.69) is 9.78 Å². The molecule has 19 heavy (non-hydrogen) atoms. The van der Waals surface area contributed by atoms with E-state index in [1.54, 1.807) is 0 Å². The van der Waals surface area contributed by atoms with Gasteiger partial charge >= 0.3 is 11.8 Å². The van der Waals surface area contributed by atoms with Crippen molar-refractivity contribution in [2.24, 2.45) is 5.92 Å². The van der Waals surface area contributed by atoms with E-state index in [-0.39, 0.29) is 0 Å². The lowest BCUT2D eigenvalue weighted by atomic mass is 9.93. The average molecular weight is 272 g/mol. The molecule has 1 N–H and O–H groups in total. The van der Waals surface area contributed by atoms with Crippen LogP contribution in [0.25, 0.3) is 0 Å². The van der Waals surface area contributed by atoms with Crippen molar-refractivity contribution < 1.29 is 43.6 Å². The molecule has 0 aromatic rings. The molecule has 1 heterocycles. The number of Topliss-reactive ketones (excluding diaryl/α,β-unsaturated/α-hetero) is 5. The number of hydrogen-bond donors (Lipinski definition) is 1. The lowest BCUT2D eigenvalue weighted by Gasteiger charge is -2.05. The van der Waals surface area contributed by atoms with Crippen molar-refractivity contribution in [1.29, 1.82) is 0 Å². The maximum absolute atomic E-state index is 11.5. The second-order valence-electron chi connectivity index (χ2n) is 3.86. The molecular formula is C10H8O9. The topological polar surface area (TPSA) is 148 Å². The van der Waals surface area contributed by atoms with Gasteiger partial charge in [0.15, 0.2) is 0 Å². The van der Waals surface area contributed by atoms with Crippen LogP contribution >= 0.6 is 0 Å². The minimum Gasteiger partial charge on any atom is -0.475 e. The van der Waals surface area contributed by atoms with E-state index >= 15 is 0 Å². The summed E-state index contributed by atoms with van der Waals surface area (Å²) in [6, 6.07) is 0. The van der Waals surface area contributed by atoms with Gasteiger partial charge in [0, 0.05) is 6.92 Å². The third-order valence-corrected chi connectivity index (χ3v) is 2.38. The van der Waals surface area contributed by atoms with E-state index in [4.69, 9.17) is 5.11 Å². The summed E-state index contributed by atoms with van der Waals surface area (Å²) in [6.07, 6.45) is 0. The molecule has 1 rings (SSSR count). The Hall–Kier alpha value is -2.26. The summed E-state index contributed by atoms with van der Waals surface area (Å²) in [7, 11) is 0. The van der Waals surface area contributed by atoms with Gasteiger partial charge < -0.3 is 5.11 Å². The fourth-order valence-corrected chi connectivity index (χ4v) is 1.07. The first-order valence-corrected chi connectivity index (χ1v) is 4.93. The molecular weight excluding hydrogens is 264 g/mol. The molecule has 0 aromatic carbocycles. The first-order chi connectivity index (χ1) is 8.61. The summed E-state index contributed by atoms with van der Waals surface area (Å²) in [6.45, 7) is 1.93. The number of carboxylic acids is 1. The van der Waals surface area contributed by atoms with Gasteiger partial charge in [-0.25, -0.2) is 4.79 Å². The molecule has 1 unspecified atom stereocenters. The second-order valence-corrected chi connectivity index (χ2v) is 3.86. The molecule has 1 atom stereocenters. The van der Waals surface area contributed by atoms with Crippen molar-refractivity contribution in [1.82, 2.24) is 0 Å². The predicted molar refractivity (Wildman–Crippen MR) is 52.4 cm³/mol.